The van der Waals surface area contributed by atoms with E-state index in [9.17, 15) is 24.4 Å². The summed E-state index contributed by atoms with van der Waals surface area (Å²) in [7, 11) is -4.67. The van der Waals surface area contributed by atoms with Crippen molar-refractivity contribution in [3.8, 4) is 5.75 Å². The summed E-state index contributed by atoms with van der Waals surface area (Å²) >= 11 is 0. The summed E-state index contributed by atoms with van der Waals surface area (Å²) in [5, 5.41) is 26.6. The summed E-state index contributed by atoms with van der Waals surface area (Å²) in [5.74, 6) is -1.51. The number of hydrogen-bond donors (Lipinski definition) is 4. The molecule has 1 saturated heterocycles. The highest BCUT2D eigenvalue weighted by molar-refractivity contribution is 7.52. The quantitative estimate of drug-likeness (QED) is 0.121. The molecule has 0 bridgehead atoms. The Hall–Kier alpha value is -4.04. The number of carbonyl (C=O) groups is 1. The van der Waals surface area contributed by atoms with Crippen LogP contribution in [0.5, 0.6) is 5.75 Å². The van der Waals surface area contributed by atoms with Crippen molar-refractivity contribution in [3.63, 3.8) is 0 Å². The van der Waals surface area contributed by atoms with E-state index in [1.807, 2.05) is 0 Å². The largest absolute Gasteiger partial charge is 0.480 e. The first-order valence-corrected chi connectivity index (χ1v) is 12.9. The fourth-order valence-corrected chi connectivity index (χ4v) is 5.40. The van der Waals surface area contributed by atoms with E-state index in [1.54, 1.807) is 36.4 Å². The smallest absolute Gasteiger partial charge is 0.459 e. The van der Waals surface area contributed by atoms with Crippen molar-refractivity contribution in [1.82, 2.24) is 14.6 Å². The Morgan fingerprint density at radius 3 is 2.79 bits per heavy atom. The molecule has 4 rings (SSSR count). The zero-order chi connectivity index (χ0) is 28.4. The maximum absolute atomic E-state index is 15.4. The van der Waals surface area contributed by atoms with E-state index in [1.165, 1.54) is 19.1 Å². The van der Waals surface area contributed by atoms with Gasteiger partial charge in [-0.3, -0.25) is 13.9 Å². The maximum atomic E-state index is 15.4. The number of carboxylic acid groups (broad SMARTS) is 1. The number of nitrogen functional groups attached to an aromatic ring is 1. The van der Waals surface area contributed by atoms with Crippen molar-refractivity contribution in [2.45, 2.75) is 37.2 Å². The number of aliphatic hydroxyl groups is 1. The lowest BCUT2D eigenvalue weighted by Gasteiger charge is -2.29. The third-order valence-corrected chi connectivity index (χ3v) is 7.43. The molecule has 1 fully saturated rings. The van der Waals surface area contributed by atoms with E-state index in [-0.39, 0.29) is 11.6 Å². The fraction of sp³-hybridized carbons (Fsp3) is 0.318. The molecule has 1 unspecified atom stereocenters. The molecule has 17 heteroatoms. The number of aromatic nitrogens is 2. The van der Waals surface area contributed by atoms with Gasteiger partial charge in [0.05, 0.1) is 6.61 Å². The zero-order valence-electron chi connectivity index (χ0n) is 20.2. The minimum absolute atomic E-state index is 0.0425. The molecule has 0 aliphatic carbocycles. The number of carboxylic acids is 1. The second-order valence-corrected chi connectivity index (χ2v) is 10.2. The molecule has 206 valence electrons. The molecule has 1 aliphatic rings. The summed E-state index contributed by atoms with van der Waals surface area (Å²) in [6.45, 7) is 0.0443. The minimum atomic E-state index is -4.67. The fourth-order valence-electron chi connectivity index (χ4n) is 3.86. The van der Waals surface area contributed by atoms with Crippen LogP contribution in [0.15, 0.2) is 64.6 Å². The Morgan fingerprint density at radius 1 is 1.38 bits per heavy atom. The number of ether oxygens (including phenoxy) is 1. The van der Waals surface area contributed by atoms with Crippen molar-refractivity contribution >= 4 is 30.3 Å². The van der Waals surface area contributed by atoms with Gasteiger partial charge in [0.2, 0.25) is 5.72 Å². The van der Waals surface area contributed by atoms with Crippen molar-refractivity contribution in [1.29, 1.82) is 0 Å². The van der Waals surface area contributed by atoms with Crippen LogP contribution in [-0.4, -0.2) is 56.4 Å². The summed E-state index contributed by atoms with van der Waals surface area (Å²) in [4.78, 5) is 29.8. The van der Waals surface area contributed by atoms with Crippen LogP contribution in [0.4, 0.5) is 10.2 Å². The monoisotopic (exact) mass is 563 g/mol. The Kier molecular flexibility index (Phi) is 7.88. The number of aliphatic hydroxyl groups excluding tert-OH is 1. The van der Waals surface area contributed by atoms with E-state index in [0.717, 1.165) is 10.8 Å². The van der Waals surface area contributed by atoms with Gasteiger partial charge in [-0.2, -0.15) is 10.1 Å². The minimum Gasteiger partial charge on any atom is -0.480 e. The Balaban J connectivity index is 1.68. The second-order valence-electron chi connectivity index (χ2n) is 8.51. The van der Waals surface area contributed by atoms with Gasteiger partial charge in [0.15, 0.2) is 12.4 Å². The average molecular weight is 563 g/mol. The SMILES string of the molecule is C[C@H](NP(=O)(OC[C@@]1(N=[N+]=[N-])O[C@@H](n2ccc(N)nc2=O)[C@H](O)[C@@H]1F)Oc1cccc2ccccc12)C(=O)O. The molecule has 0 amide bonds. The summed E-state index contributed by atoms with van der Waals surface area (Å²) in [6, 6.07) is 11.4. The number of nitrogens with zero attached hydrogens (tertiary/aromatic N) is 5. The van der Waals surface area contributed by atoms with E-state index >= 15 is 4.39 Å². The van der Waals surface area contributed by atoms with Crippen LogP contribution in [0.1, 0.15) is 13.2 Å². The molecule has 6 atom stereocenters. The van der Waals surface area contributed by atoms with E-state index in [0.29, 0.717) is 10.8 Å². The number of azide groups is 1. The Labute approximate surface area is 219 Å². The standard InChI is InChI=1S/C22H23FN7O8P/c1-12(20(32)33)27-39(35,38-15-8-4-6-13-5-2-3-7-14(13)15)36-11-22(28-29-25)18(23)17(31)19(37-22)30-10-9-16(24)26-21(30)34/h2-10,12,17-19,31H,11H2,1H3,(H,27,35)(H,32,33)(H2,24,26,34)/t12-,17+,18-,19+,22+,39?/m0/s1. The van der Waals surface area contributed by atoms with Gasteiger partial charge >= 0.3 is 19.4 Å². The van der Waals surface area contributed by atoms with Crippen LogP contribution < -0.4 is 21.0 Å². The first-order valence-electron chi connectivity index (χ1n) is 11.3. The molecular formula is C22H23FN7O8P. The molecule has 5 N–H and O–H groups in total. The lowest BCUT2D eigenvalue weighted by atomic mass is 10.1. The third kappa shape index (κ3) is 5.71. The van der Waals surface area contributed by atoms with Crippen LogP contribution >= 0.6 is 7.75 Å². The third-order valence-electron chi connectivity index (χ3n) is 5.82. The molecule has 3 aromatic rings. The molecule has 0 radical (unpaired) electrons. The summed E-state index contributed by atoms with van der Waals surface area (Å²) in [6.07, 6.45) is -5.21. The predicted octanol–water partition coefficient (Wildman–Crippen LogP) is 2.48. The second kappa shape index (κ2) is 11.0. The molecule has 39 heavy (non-hydrogen) atoms. The van der Waals surface area contributed by atoms with Crippen LogP contribution in [-0.2, 0) is 18.6 Å². The van der Waals surface area contributed by atoms with E-state index in [4.69, 9.17) is 25.0 Å². The molecule has 2 heterocycles. The van der Waals surface area contributed by atoms with Gasteiger partial charge in [-0.25, -0.2) is 13.8 Å². The number of alkyl halides is 1. The Bertz CT molecular complexity index is 1540. The highest BCUT2D eigenvalue weighted by Crippen LogP contribution is 2.49. The molecular weight excluding hydrogens is 540 g/mol. The lowest BCUT2D eigenvalue weighted by Crippen LogP contribution is -2.43. The van der Waals surface area contributed by atoms with Gasteiger partial charge in [-0.15, -0.1) is 0 Å². The normalized spacial score (nSPS) is 24.9. The average Bonchev–Trinajstić information content (AvgIpc) is 3.13. The summed E-state index contributed by atoms with van der Waals surface area (Å²) < 4.78 is 46.5. The molecule has 2 aromatic carbocycles. The topological polar surface area (TPSA) is 224 Å². The number of anilines is 1. The number of hydrogen-bond acceptors (Lipinski definition) is 10. The van der Waals surface area contributed by atoms with Gasteiger partial charge in [0, 0.05) is 16.5 Å². The van der Waals surface area contributed by atoms with E-state index < -0.39 is 56.3 Å². The van der Waals surface area contributed by atoms with Crippen molar-refractivity contribution < 1.29 is 37.7 Å². The molecule has 1 aliphatic heterocycles. The van der Waals surface area contributed by atoms with Gasteiger partial charge in [0.25, 0.3) is 0 Å². The van der Waals surface area contributed by atoms with Crippen LogP contribution in [0.2, 0.25) is 0 Å². The predicted molar refractivity (Wildman–Crippen MR) is 134 cm³/mol. The number of benzene rings is 2. The zero-order valence-corrected chi connectivity index (χ0v) is 21.1. The first kappa shape index (κ1) is 28.0. The maximum Gasteiger partial charge on any atom is 0.459 e. The number of aliphatic carboxylic acids is 1. The van der Waals surface area contributed by atoms with Crippen molar-refractivity contribution in [2.75, 3.05) is 12.3 Å². The molecule has 0 spiro atoms. The van der Waals surface area contributed by atoms with Crippen LogP contribution in [0, 0.1) is 0 Å². The highest BCUT2D eigenvalue weighted by atomic mass is 31.2. The highest BCUT2D eigenvalue weighted by Gasteiger charge is 2.58. The van der Waals surface area contributed by atoms with E-state index in [2.05, 4.69) is 20.1 Å². The van der Waals surface area contributed by atoms with Gasteiger partial charge in [-0.1, -0.05) is 41.5 Å². The Morgan fingerprint density at radius 2 is 2.10 bits per heavy atom. The van der Waals surface area contributed by atoms with Crippen molar-refractivity contribution in [2.24, 2.45) is 5.11 Å². The number of rotatable bonds is 10. The number of fused-ring (bicyclic) bond motifs is 1. The first-order chi connectivity index (χ1) is 18.5. The number of nitrogens with two attached hydrogens (primary N) is 1. The van der Waals surface area contributed by atoms with Crippen LogP contribution in [0.25, 0.3) is 21.2 Å². The van der Waals surface area contributed by atoms with Gasteiger partial charge in [0.1, 0.15) is 23.7 Å². The number of nitrogens with one attached hydrogen (secondary N) is 1. The van der Waals surface area contributed by atoms with Crippen molar-refractivity contribution in [3.05, 3.63) is 75.7 Å². The molecule has 0 saturated carbocycles. The van der Waals surface area contributed by atoms with Crippen LogP contribution in [0.3, 0.4) is 0 Å². The summed E-state index contributed by atoms with van der Waals surface area (Å²) in [5.41, 5.74) is 10.9. The lowest BCUT2D eigenvalue weighted by molar-refractivity contribution is -0.138. The number of halogens is 1. The molecule has 1 aromatic heterocycles. The van der Waals surface area contributed by atoms with Gasteiger partial charge in [-0.05, 0) is 30.0 Å². The van der Waals surface area contributed by atoms with Gasteiger partial charge < -0.3 is 25.2 Å². The molecule has 15 nitrogen and oxygen atoms in total.